The van der Waals surface area contributed by atoms with Crippen LogP contribution in [0.3, 0.4) is 0 Å². The van der Waals surface area contributed by atoms with Gasteiger partial charge in [-0.3, -0.25) is 10.1 Å². The van der Waals surface area contributed by atoms with Crippen LogP contribution in [0.25, 0.3) is 0 Å². The van der Waals surface area contributed by atoms with Gasteiger partial charge in [-0.2, -0.15) is 0 Å². The maximum absolute atomic E-state index is 10.5. The Morgan fingerprint density at radius 3 is 2.75 bits per heavy atom. The molecular formula is C10H14N4O2. The third kappa shape index (κ3) is 1.96. The lowest BCUT2D eigenvalue weighted by Crippen LogP contribution is -2.28. The van der Waals surface area contributed by atoms with Crippen LogP contribution in [0.15, 0.2) is 18.3 Å². The van der Waals surface area contributed by atoms with E-state index in [0.717, 1.165) is 18.9 Å². The van der Waals surface area contributed by atoms with Crippen molar-refractivity contribution in [3.63, 3.8) is 0 Å². The summed E-state index contributed by atoms with van der Waals surface area (Å²) in [6, 6.07) is 3.29. The van der Waals surface area contributed by atoms with Gasteiger partial charge in [-0.1, -0.05) is 6.92 Å². The summed E-state index contributed by atoms with van der Waals surface area (Å²) >= 11 is 0. The molecule has 0 bridgehead atoms. The molecule has 1 fully saturated rings. The van der Waals surface area contributed by atoms with Crippen LogP contribution < -0.4 is 10.6 Å². The molecule has 2 heterocycles. The molecule has 16 heavy (non-hydrogen) atoms. The van der Waals surface area contributed by atoms with Gasteiger partial charge in [0.1, 0.15) is 12.0 Å². The fourth-order valence-corrected chi connectivity index (χ4v) is 1.85. The molecule has 1 aromatic heterocycles. The van der Waals surface area contributed by atoms with E-state index in [0.29, 0.717) is 5.92 Å². The lowest BCUT2D eigenvalue weighted by molar-refractivity contribution is -0.385. The fourth-order valence-electron chi connectivity index (χ4n) is 1.85. The first-order chi connectivity index (χ1) is 7.58. The second kappa shape index (κ2) is 4.05. The standard InChI is InChI=1S/C10H14N4O2/c1-7-5-13(6-9(7)11)10-3-2-8(4-12-10)14(15)16/h2-4,7,9H,5-6,11H2,1H3. The summed E-state index contributed by atoms with van der Waals surface area (Å²) in [6.07, 6.45) is 1.28. The third-order valence-electron chi connectivity index (χ3n) is 2.94. The number of anilines is 1. The van der Waals surface area contributed by atoms with Gasteiger partial charge in [-0.05, 0) is 12.0 Å². The Hall–Kier alpha value is -1.69. The third-order valence-corrected chi connectivity index (χ3v) is 2.94. The van der Waals surface area contributed by atoms with E-state index in [9.17, 15) is 10.1 Å². The molecule has 2 unspecified atom stereocenters. The van der Waals surface area contributed by atoms with Crippen molar-refractivity contribution in [3.8, 4) is 0 Å². The summed E-state index contributed by atoms with van der Waals surface area (Å²) in [7, 11) is 0. The van der Waals surface area contributed by atoms with E-state index in [-0.39, 0.29) is 11.7 Å². The number of hydrogen-bond donors (Lipinski definition) is 1. The van der Waals surface area contributed by atoms with Gasteiger partial charge >= 0.3 is 0 Å². The van der Waals surface area contributed by atoms with Gasteiger partial charge in [0.2, 0.25) is 0 Å². The van der Waals surface area contributed by atoms with Gasteiger partial charge in [0.15, 0.2) is 0 Å². The molecule has 2 rings (SSSR count). The maximum atomic E-state index is 10.5. The van der Waals surface area contributed by atoms with Crippen LogP contribution in [-0.4, -0.2) is 29.0 Å². The Bertz CT molecular complexity index is 382. The van der Waals surface area contributed by atoms with Crippen LogP contribution in [0.1, 0.15) is 6.92 Å². The molecule has 2 N–H and O–H groups in total. The Balaban J connectivity index is 2.14. The molecule has 0 amide bonds. The zero-order valence-electron chi connectivity index (χ0n) is 9.04. The number of rotatable bonds is 2. The summed E-state index contributed by atoms with van der Waals surface area (Å²) in [4.78, 5) is 16.2. The summed E-state index contributed by atoms with van der Waals surface area (Å²) in [5, 5.41) is 10.5. The molecule has 0 spiro atoms. The summed E-state index contributed by atoms with van der Waals surface area (Å²) in [5.41, 5.74) is 5.92. The first-order valence-electron chi connectivity index (χ1n) is 5.19. The number of nitrogens with two attached hydrogens (primary N) is 1. The van der Waals surface area contributed by atoms with Gasteiger partial charge in [-0.25, -0.2) is 4.98 Å². The van der Waals surface area contributed by atoms with Gasteiger partial charge in [0.05, 0.1) is 4.92 Å². The zero-order valence-corrected chi connectivity index (χ0v) is 9.04. The van der Waals surface area contributed by atoms with Crippen molar-refractivity contribution in [1.29, 1.82) is 0 Å². The molecule has 2 atom stereocenters. The summed E-state index contributed by atoms with van der Waals surface area (Å²) < 4.78 is 0. The van der Waals surface area contributed by atoms with E-state index in [1.165, 1.54) is 12.3 Å². The molecule has 86 valence electrons. The molecule has 1 aliphatic rings. The Kier molecular flexibility index (Phi) is 2.74. The second-order valence-corrected chi connectivity index (χ2v) is 4.18. The lowest BCUT2D eigenvalue weighted by atomic mass is 10.1. The summed E-state index contributed by atoms with van der Waals surface area (Å²) in [6.45, 7) is 3.70. The minimum Gasteiger partial charge on any atom is -0.355 e. The van der Waals surface area contributed by atoms with Crippen LogP contribution in [0.2, 0.25) is 0 Å². The minimum absolute atomic E-state index is 0.0142. The molecule has 0 aromatic carbocycles. The monoisotopic (exact) mass is 222 g/mol. The van der Waals surface area contributed by atoms with Crippen molar-refractivity contribution in [2.45, 2.75) is 13.0 Å². The smallest absolute Gasteiger partial charge is 0.287 e. The fraction of sp³-hybridized carbons (Fsp3) is 0.500. The lowest BCUT2D eigenvalue weighted by Gasteiger charge is -2.16. The van der Waals surface area contributed by atoms with E-state index < -0.39 is 4.92 Å². The van der Waals surface area contributed by atoms with Crippen molar-refractivity contribution in [2.24, 2.45) is 11.7 Å². The molecule has 6 heteroatoms. The number of nitrogens with zero attached hydrogens (tertiary/aromatic N) is 3. The van der Waals surface area contributed by atoms with Crippen LogP contribution in [0.5, 0.6) is 0 Å². The first kappa shape index (κ1) is 10.8. The highest BCUT2D eigenvalue weighted by Crippen LogP contribution is 2.22. The van der Waals surface area contributed by atoms with Crippen LogP contribution >= 0.6 is 0 Å². The molecule has 0 saturated carbocycles. The van der Waals surface area contributed by atoms with E-state index in [1.807, 2.05) is 0 Å². The second-order valence-electron chi connectivity index (χ2n) is 4.18. The SMILES string of the molecule is CC1CN(c2ccc([N+](=O)[O-])cn2)CC1N. The maximum Gasteiger partial charge on any atom is 0.287 e. The van der Waals surface area contributed by atoms with E-state index in [2.05, 4.69) is 16.8 Å². The van der Waals surface area contributed by atoms with Crippen LogP contribution in [-0.2, 0) is 0 Å². The Labute approximate surface area is 93.2 Å². The van der Waals surface area contributed by atoms with Crippen molar-refractivity contribution in [3.05, 3.63) is 28.4 Å². The molecule has 1 aliphatic heterocycles. The molecule has 1 saturated heterocycles. The van der Waals surface area contributed by atoms with E-state index in [1.54, 1.807) is 6.07 Å². The van der Waals surface area contributed by atoms with Gasteiger partial charge < -0.3 is 10.6 Å². The average molecular weight is 222 g/mol. The van der Waals surface area contributed by atoms with Gasteiger partial charge in [-0.15, -0.1) is 0 Å². The number of pyridine rings is 1. The topological polar surface area (TPSA) is 85.3 Å². The predicted molar refractivity (Wildman–Crippen MR) is 60.2 cm³/mol. The molecule has 0 aliphatic carbocycles. The number of aromatic nitrogens is 1. The van der Waals surface area contributed by atoms with Crippen molar-refractivity contribution in [2.75, 3.05) is 18.0 Å². The van der Waals surface area contributed by atoms with E-state index >= 15 is 0 Å². The average Bonchev–Trinajstić information content (AvgIpc) is 2.59. The van der Waals surface area contributed by atoms with Crippen molar-refractivity contribution < 1.29 is 4.92 Å². The van der Waals surface area contributed by atoms with Crippen LogP contribution in [0, 0.1) is 16.0 Å². The van der Waals surface area contributed by atoms with Crippen LogP contribution in [0.4, 0.5) is 11.5 Å². The largest absolute Gasteiger partial charge is 0.355 e. The number of nitro groups is 1. The normalized spacial score (nSPS) is 24.8. The molecule has 1 aromatic rings. The predicted octanol–water partition coefficient (Wildman–Crippen LogP) is 0.773. The zero-order chi connectivity index (χ0) is 11.7. The van der Waals surface area contributed by atoms with Gasteiger partial charge in [0, 0.05) is 25.2 Å². The van der Waals surface area contributed by atoms with Crippen molar-refractivity contribution >= 4 is 11.5 Å². The Morgan fingerprint density at radius 2 is 2.31 bits per heavy atom. The first-order valence-corrected chi connectivity index (χ1v) is 5.19. The van der Waals surface area contributed by atoms with Gasteiger partial charge in [0.25, 0.3) is 5.69 Å². The molecule has 0 radical (unpaired) electrons. The van der Waals surface area contributed by atoms with E-state index in [4.69, 9.17) is 5.73 Å². The summed E-state index contributed by atoms with van der Waals surface area (Å²) in [5.74, 6) is 1.18. The number of hydrogen-bond acceptors (Lipinski definition) is 5. The highest BCUT2D eigenvalue weighted by Gasteiger charge is 2.27. The highest BCUT2D eigenvalue weighted by atomic mass is 16.6. The minimum atomic E-state index is -0.449. The Morgan fingerprint density at radius 1 is 1.56 bits per heavy atom. The quantitative estimate of drug-likeness (QED) is 0.590. The molecule has 6 nitrogen and oxygen atoms in total. The van der Waals surface area contributed by atoms with Crippen molar-refractivity contribution in [1.82, 2.24) is 4.98 Å². The molecular weight excluding hydrogens is 208 g/mol. The highest BCUT2D eigenvalue weighted by molar-refractivity contribution is 5.44.